The zero-order valence-electron chi connectivity index (χ0n) is 12.2. The highest BCUT2D eigenvalue weighted by molar-refractivity contribution is 5.90. The Morgan fingerprint density at radius 3 is 2.71 bits per heavy atom. The molecule has 0 unspecified atom stereocenters. The predicted octanol–water partition coefficient (Wildman–Crippen LogP) is 2.23. The second-order valence-electron chi connectivity index (χ2n) is 5.24. The van der Waals surface area contributed by atoms with Crippen LogP contribution in [0.4, 0.5) is 16.2 Å². The molecule has 6 nitrogen and oxygen atoms in total. The van der Waals surface area contributed by atoms with Crippen molar-refractivity contribution in [1.29, 1.82) is 0 Å². The first kappa shape index (κ1) is 15.2. The summed E-state index contributed by atoms with van der Waals surface area (Å²) in [7, 11) is 1.59. The number of hydrogen-bond donors (Lipinski definition) is 2. The highest BCUT2D eigenvalue weighted by Crippen LogP contribution is 2.23. The van der Waals surface area contributed by atoms with E-state index in [-0.39, 0.29) is 19.0 Å². The number of hydrogen-bond acceptors (Lipinski definition) is 3. The molecule has 2 amide bonds. The first-order valence-corrected chi connectivity index (χ1v) is 7.15. The van der Waals surface area contributed by atoms with E-state index in [0.29, 0.717) is 0 Å². The maximum atomic E-state index is 12.0. The van der Waals surface area contributed by atoms with Gasteiger partial charge in [0.2, 0.25) is 0 Å². The van der Waals surface area contributed by atoms with E-state index in [1.54, 1.807) is 7.05 Å². The van der Waals surface area contributed by atoms with Gasteiger partial charge in [0.25, 0.3) is 0 Å². The normalized spacial score (nSPS) is 14.0. The second kappa shape index (κ2) is 6.97. The molecule has 1 heterocycles. The van der Waals surface area contributed by atoms with Gasteiger partial charge in [-0.2, -0.15) is 0 Å². The molecule has 21 heavy (non-hydrogen) atoms. The number of urea groups is 1. The minimum Gasteiger partial charge on any atom is -0.481 e. The fourth-order valence-electron chi connectivity index (χ4n) is 2.34. The molecule has 2 N–H and O–H groups in total. The van der Waals surface area contributed by atoms with Crippen molar-refractivity contribution in [3.63, 3.8) is 0 Å². The Kier molecular flexibility index (Phi) is 5.03. The van der Waals surface area contributed by atoms with Crippen molar-refractivity contribution in [2.75, 3.05) is 36.9 Å². The largest absolute Gasteiger partial charge is 0.481 e. The number of aliphatic carboxylic acids is 1. The van der Waals surface area contributed by atoms with Gasteiger partial charge in [-0.3, -0.25) is 4.79 Å². The summed E-state index contributed by atoms with van der Waals surface area (Å²) < 4.78 is 0. The number of carbonyl (C=O) groups excluding carboxylic acids is 1. The zero-order valence-corrected chi connectivity index (χ0v) is 12.2. The molecule has 0 aliphatic carbocycles. The Morgan fingerprint density at radius 1 is 1.33 bits per heavy atom. The molecule has 0 bridgehead atoms. The average molecular weight is 291 g/mol. The molecule has 1 aromatic rings. The molecule has 1 aliphatic heterocycles. The average Bonchev–Trinajstić information content (AvgIpc) is 2.99. The van der Waals surface area contributed by atoms with Crippen LogP contribution in [0.25, 0.3) is 0 Å². The SMILES string of the molecule is CN(CCC(=O)O)C(=O)Nc1cccc(N2CCCC2)c1. The van der Waals surface area contributed by atoms with E-state index in [2.05, 4.69) is 10.2 Å². The van der Waals surface area contributed by atoms with Crippen molar-refractivity contribution in [2.24, 2.45) is 0 Å². The number of anilines is 2. The Balaban J connectivity index is 1.94. The molecule has 6 heteroatoms. The lowest BCUT2D eigenvalue weighted by Crippen LogP contribution is -2.33. The zero-order chi connectivity index (χ0) is 15.2. The summed E-state index contributed by atoms with van der Waals surface area (Å²) in [6.07, 6.45) is 2.35. The molecule has 0 saturated carbocycles. The summed E-state index contributed by atoms with van der Waals surface area (Å²) in [5.41, 5.74) is 1.84. The molecule has 1 aromatic carbocycles. The fraction of sp³-hybridized carbons (Fsp3) is 0.467. The van der Waals surface area contributed by atoms with E-state index < -0.39 is 5.97 Å². The standard InChI is InChI=1S/C15H21N3O3/c1-17(10-7-14(19)20)15(21)16-12-5-4-6-13(11-12)18-8-2-3-9-18/h4-6,11H,2-3,7-10H2,1H3,(H,16,21)(H,19,20). The van der Waals surface area contributed by atoms with Gasteiger partial charge in [0.1, 0.15) is 0 Å². The molecular weight excluding hydrogens is 270 g/mol. The third-order valence-electron chi connectivity index (χ3n) is 3.58. The molecule has 1 saturated heterocycles. The molecule has 1 aliphatic rings. The predicted molar refractivity (Wildman–Crippen MR) is 81.8 cm³/mol. The first-order valence-electron chi connectivity index (χ1n) is 7.15. The molecule has 0 aromatic heterocycles. The van der Waals surface area contributed by atoms with Gasteiger partial charge in [-0.15, -0.1) is 0 Å². The number of carboxylic acids is 1. The van der Waals surface area contributed by atoms with Crippen molar-refractivity contribution in [2.45, 2.75) is 19.3 Å². The lowest BCUT2D eigenvalue weighted by atomic mass is 10.2. The number of carboxylic acid groups (broad SMARTS) is 1. The lowest BCUT2D eigenvalue weighted by Gasteiger charge is -2.20. The van der Waals surface area contributed by atoms with Crippen LogP contribution in [-0.4, -0.2) is 48.7 Å². The molecule has 1 fully saturated rings. The van der Waals surface area contributed by atoms with Crippen LogP contribution in [0.15, 0.2) is 24.3 Å². The summed E-state index contributed by atoms with van der Waals surface area (Å²) in [6, 6.07) is 7.45. The van der Waals surface area contributed by atoms with Crippen molar-refractivity contribution in [3.05, 3.63) is 24.3 Å². The van der Waals surface area contributed by atoms with Crippen LogP contribution in [0, 0.1) is 0 Å². The van der Waals surface area contributed by atoms with Crippen molar-refractivity contribution in [3.8, 4) is 0 Å². The summed E-state index contributed by atoms with van der Waals surface area (Å²) in [6.45, 7) is 2.29. The van der Waals surface area contributed by atoms with Crippen molar-refractivity contribution >= 4 is 23.4 Å². The number of nitrogens with zero attached hydrogens (tertiary/aromatic N) is 2. The van der Waals surface area contributed by atoms with Gasteiger partial charge in [-0.25, -0.2) is 4.79 Å². The molecular formula is C15H21N3O3. The van der Waals surface area contributed by atoms with Crippen LogP contribution in [0.1, 0.15) is 19.3 Å². The number of amides is 2. The van der Waals surface area contributed by atoms with Gasteiger partial charge in [0.15, 0.2) is 0 Å². The molecule has 0 atom stereocenters. The van der Waals surface area contributed by atoms with Gasteiger partial charge in [-0.1, -0.05) is 6.07 Å². The quantitative estimate of drug-likeness (QED) is 0.872. The smallest absolute Gasteiger partial charge is 0.321 e. The lowest BCUT2D eigenvalue weighted by molar-refractivity contribution is -0.137. The number of benzene rings is 1. The van der Waals surface area contributed by atoms with Gasteiger partial charge in [0.05, 0.1) is 6.42 Å². The van der Waals surface area contributed by atoms with E-state index in [0.717, 1.165) is 24.5 Å². The van der Waals surface area contributed by atoms with Crippen LogP contribution >= 0.6 is 0 Å². The highest BCUT2D eigenvalue weighted by atomic mass is 16.4. The van der Waals surface area contributed by atoms with E-state index in [1.807, 2.05) is 24.3 Å². The van der Waals surface area contributed by atoms with Gasteiger partial charge in [-0.05, 0) is 31.0 Å². The minimum atomic E-state index is -0.911. The number of carbonyl (C=O) groups is 2. The van der Waals surface area contributed by atoms with Crippen molar-refractivity contribution < 1.29 is 14.7 Å². The molecule has 0 radical (unpaired) electrons. The van der Waals surface area contributed by atoms with E-state index in [1.165, 1.54) is 17.7 Å². The van der Waals surface area contributed by atoms with Gasteiger partial charge >= 0.3 is 12.0 Å². The second-order valence-corrected chi connectivity index (χ2v) is 5.24. The summed E-state index contributed by atoms with van der Waals surface area (Å²) in [5.74, 6) is -0.911. The Hall–Kier alpha value is -2.24. The van der Waals surface area contributed by atoms with Crippen LogP contribution in [-0.2, 0) is 4.79 Å². The topological polar surface area (TPSA) is 72.9 Å². The summed E-state index contributed by atoms with van der Waals surface area (Å²) in [5, 5.41) is 11.4. The monoisotopic (exact) mass is 291 g/mol. The maximum Gasteiger partial charge on any atom is 0.321 e. The Morgan fingerprint density at radius 2 is 2.05 bits per heavy atom. The highest BCUT2D eigenvalue weighted by Gasteiger charge is 2.14. The van der Waals surface area contributed by atoms with E-state index >= 15 is 0 Å². The Bertz CT molecular complexity index is 513. The summed E-state index contributed by atoms with van der Waals surface area (Å²) >= 11 is 0. The van der Waals surface area contributed by atoms with Gasteiger partial charge in [0, 0.05) is 38.1 Å². The first-order chi connectivity index (χ1) is 10.1. The number of nitrogens with one attached hydrogen (secondary N) is 1. The molecule has 114 valence electrons. The van der Waals surface area contributed by atoms with Crippen LogP contribution in [0.2, 0.25) is 0 Å². The third-order valence-corrected chi connectivity index (χ3v) is 3.58. The van der Waals surface area contributed by atoms with Crippen LogP contribution < -0.4 is 10.2 Å². The number of rotatable bonds is 5. The minimum absolute atomic E-state index is 0.0578. The molecule has 0 spiro atoms. The van der Waals surface area contributed by atoms with E-state index in [4.69, 9.17) is 5.11 Å². The fourth-order valence-corrected chi connectivity index (χ4v) is 2.34. The van der Waals surface area contributed by atoms with Crippen LogP contribution in [0.3, 0.4) is 0 Å². The molecule has 2 rings (SSSR count). The maximum absolute atomic E-state index is 12.0. The van der Waals surface area contributed by atoms with Crippen molar-refractivity contribution in [1.82, 2.24) is 4.90 Å². The van der Waals surface area contributed by atoms with E-state index in [9.17, 15) is 9.59 Å². The van der Waals surface area contributed by atoms with Gasteiger partial charge < -0.3 is 20.2 Å². The third kappa shape index (κ3) is 4.37. The summed E-state index contributed by atoms with van der Waals surface area (Å²) in [4.78, 5) is 26.1. The van der Waals surface area contributed by atoms with Crippen LogP contribution in [0.5, 0.6) is 0 Å². The Labute approximate surface area is 124 Å².